The number of rotatable bonds is 31. The number of aryl methyl sites for hydroxylation is 1. The van der Waals surface area contributed by atoms with Gasteiger partial charge in [0.25, 0.3) is 25.8 Å². The number of nitrogens with one attached hydrogen (secondary N) is 4. The number of aromatic nitrogens is 1. The van der Waals surface area contributed by atoms with Crippen LogP contribution >= 0.6 is 34.7 Å². The molecular weight excluding hydrogens is 1600 g/mol. The Bertz CT molecular complexity index is 4680. The number of sulfonamides is 1. The zero-order valence-corrected chi connectivity index (χ0v) is 72.0. The molecule has 6 aromatic rings. The topological polar surface area (TPSA) is 264 Å². The average molecular weight is 1710 g/mol. The van der Waals surface area contributed by atoms with Gasteiger partial charge in [-0.15, -0.1) is 23.1 Å². The fourth-order valence-electron chi connectivity index (χ4n) is 17.3. The third-order valence-corrected chi connectivity index (χ3v) is 29.6. The van der Waals surface area contributed by atoms with E-state index in [0.717, 1.165) is 161 Å². The highest BCUT2D eigenvalue weighted by Crippen LogP contribution is 2.47. The standard InChI is InChI=1S/C87H113ClF3N11O11S4/c1-60(62-18-20-64(21-19-62)79-61(2)92-59-115-79)93-82(107)75-52-70(103)56-102(75)83(108)80(84(3,4)5)95-77(104)16-12-7-8-13-17-78(105)101-42-37-86(38-43-101)35-40-99(41-36-86)58-85(6)34-32-73(63-22-26-67(88)27-23-63)66(54-85)55-98-44-46-100(47-45-98)69-28-24-65(25-29-69)81(106)96-117(111,112)72-30-31-74(76(53-72)116(109,110)87(89,90)91)94-68(33-39-97-48-50-113-51-49-97)57-114-71-14-10-9-11-15-71/h9-11,14-15,18-31,53,59-60,68,70,75,80,94,103H,7-8,12-13,16-17,32-52,54-58H2,1-6H3,(H,93,107)(H,95,104)(H,96,106)/t60-,68+,70+,75-,80+,85?/m0/s1. The van der Waals surface area contributed by atoms with E-state index in [-0.39, 0.29) is 59.5 Å². The zero-order chi connectivity index (χ0) is 83.5. The molecule has 1 unspecified atom stereocenters. The maximum absolute atomic E-state index is 14.4. The van der Waals surface area contributed by atoms with Crippen LogP contribution in [0.25, 0.3) is 16.0 Å². The van der Waals surface area contributed by atoms with Gasteiger partial charge in [-0.25, -0.2) is 26.5 Å². The number of hydrogen-bond donors (Lipinski definition) is 5. The Balaban J connectivity index is 0.571. The van der Waals surface area contributed by atoms with Crippen molar-refractivity contribution in [2.24, 2.45) is 16.2 Å². The minimum atomic E-state index is -6.11. The monoisotopic (exact) mass is 1710 g/mol. The third kappa shape index (κ3) is 23.2. The van der Waals surface area contributed by atoms with Crippen molar-refractivity contribution in [1.82, 2.24) is 44.8 Å². The molecule has 634 valence electrons. The molecule has 5 aliphatic heterocycles. The Morgan fingerprint density at radius 1 is 0.752 bits per heavy atom. The summed E-state index contributed by atoms with van der Waals surface area (Å²) < 4.78 is 105. The number of alkyl halides is 3. The lowest BCUT2D eigenvalue weighted by Gasteiger charge is -2.49. The number of morpholine rings is 1. The predicted molar refractivity (Wildman–Crippen MR) is 454 cm³/mol. The molecule has 6 heterocycles. The summed E-state index contributed by atoms with van der Waals surface area (Å²) in [6.45, 7) is 23.1. The number of aliphatic hydroxyl groups is 1. The van der Waals surface area contributed by atoms with Gasteiger partial charge in [-0.05, 0) is 196 Å². The van der Waals surface area contributed by atoms with E-state index in [1.165, 1.54) is 45.5 Å². The van der Waals surface area contributed by atoms with E-state index in [2.05, 4.69) is 59.6 Å². The minimum absolute atomic E-state index is 0.0110. The molecule has 5 saturated heterocycles. The molecule has 5 fully saturated rings. The number of ether oxygens (including phenoxy) is 1. The van der Waals surface area contributed by atoms with Crippen LogP contribution in [-0.2, 0) is 43.8 Å². The number of hydrogen-bond acceptors (Lipinski definition) is 19. The number of carbonyl (C=O) groups is 5. The summed E-state index contributed by atoms with van der Waals surface area (Å²) in [4.78, 5) is 86.2. The number of allylic oxidation sites excluding steroid dienone is 1. The number of benzene rings is 5. The van der Waals surface area contributed by atoms with Gasteiger partial charge >= 0.3 is 5.51 Å². The fraction of sp³-hybridized carbons (Fsp3) is 0.540. The van der Waals surface area contributed by atoms with Crippen molar-refractivity contribution < 1.29 is 63.8 Å². The van der Waals surface area contributed by atoms with Crippen molar-refractivity contribution in [3.05, 3.63) is 160 Å². The number of likely N-dealkylation sites (tertiary alicyclic amines) is 3. The maximum Gasteiger partial charge on any atom is 0.501 e. The van der Waals surface area contributed by atoms with Crippen molar-refractivity contribution in [3.63, 3.8) is 0 Å². The number of carbonyl (C=O) groups excluding carboxylic acids is 5. The molecule has 1 aromatic heterocycles. The molecule has 1 spiro atoms. The molecule has 6 atom stereocenters. The smallest absolute Gasteiger partial charge is 0.391 e. The molecule has 0 radical (unpaired) electrons. The van der Waals surface area contributed by atoms with Crippen LogP contribution in [0, 0.1) is 23.2 Å². The first-order valence-corrected chi connectivity index (χ1v) is 46.3. The van der Waals surface area contributed by atoms with Gasteiger partial charge in [0.05, 0.1) is 52.0 Å². The van der Waals surface area contributed by atoms with Crippen LogP contribution in [0.15, 0.2) is 147 Å². The molecule has 5 amide bonds. The molecule has 5 N–H and O–H groups in total. The number of amides is 5. The highest BCUT2D eigenvalue weighted by molar-refractivity contribution is 7.99. The predicted octanol–water partition coefficient (Wildman–Crippen LogP) is 13.7. The number of aliphatic hydroxyl groups excluding tert-OH is 1. The Kier molecular flexibility index (Phi) is 29.6. The van der Waals surface area contributed by atoms with Crippen LogP contribution in [0.3, 0.4) is 0 Å². The van der Waals surface area contributed by atoms with Crippen molar-refractivity contribution in [2.45, 2.75) is 188 Å². The minimum Gasteiger partial charge on any atom is -0.391 e. The van der Waals surface area contributed by atoms with Crippen LogP contribution in [-0.4, -0.2) is 221 Å². The number of sulfone groups is 1. The summed E-state index contributed by atoms with van der Waals surface area (Å²) in [5, 5.41) is 20.5. The second-order valence-electron chi connectivity index (χ2n) is 34.1. The third-order valence-electron chi connectivity index (χ3n) is 24.4. The van der Waals surface area contributed by atoms with Gasteiger partial charge in [-0.3, -0.25) is 33.8 Å². The number of halogens is 4. The van der Waals surface area contributed by atoms with Crippen LogP contribution < -0.4 is 25.6 Å². The van der Waals surface area contributed by atoms with Gasteiger partial charge in [0, 0.05) is 131 Å². The molecule has 117 heavy (non-hydrogen) atoms. The number of anilines is 2. The molecule has 6 aliphatic rings. The van der Waals surface area contributed by atoms with E-state index in [1.807, 2.05) is 116 Å². The molecule has 5 aromatic carbocycles. The highest BCUT2D eigenvalue weighted by Gasteiger charge is 2.50. The SMILES string of the molecule is Cc1ncsc1-c1ccc([C@H](C)NC(=O)[C@@H]2C[C@@H](O)CN2C(=O)[C@@H](NC(=O)CCCCCCC(=O)N2CCC3(CCN(CC4(C)CCC(c5ccc(Cl)cc5)=C(CN5CCN(c6ccc(C(=O)NS(=O)(=O)c7ccc(N[C@H](CCN8CCOCC8)CSc8ccccc8)c(S(=O)(=O)C(F)(F)F)c7)cc6)CC5)C4)CC3)CC2)C(C)(C)C)cc1. The number of piperidine rings is 2. The number of β-amino-alcohol motifs (C(OH)–C–C–N with tert-alkyl or cyclic N) is 1. The molecular formula is C87H113ClF3N11O11S4. The molecule has 1 aliphatic carbocycles. The Hall–Kier alpha value is -7.45. The zero-order valence-electron chi connectivity index (χ0n) is 67.9. The van der Waals surface area contributed by atoms with E-state index < -0.39 is 82.3 Å². The van der Waals surface area contributed by atoms with E-state index in [4.69, 9.17) is 16.3 Å². The van der Waals surface area contributed by atoms with Gasteiger partial charge in [0.2, 0.25) is 23.6 Å². The number of nitrogens with zero attached hydrogens (tertiary/aromatic N) is 7. The maximum atomic E-state index is 14.4. The number of unbranched alkanes of at least 4 members (excludes halogenated alkanes) is 3. The van der Waals surface area contributed by atoms with Crippen LogP contribution in [0.4, 0.5) is 24.5 Å². The Labute approximate surface area is 700 Å². The largest absolute Gasteiger partial charge is 0.501 e. The lowest BCUT2D eigenvalue weighted by molar-refractivity contribution is -0.144. The first-order chi connectivity index (χ1) is 55.7. The van der Waals surface area contributed by atoms with E-state index in [1.54, 1.807) is 23.5 Å². The summed E-state index contributed by atoms with van der Waals surface area (Å²) in [6, 6.07) is 31.6. The van der Waals surface area contributed by atoms with Gasteiger partial charge in [-0.1, -0.05) is 112 Å². The Morgan fingerprint density at radius 3 is 2.06 bits per heavy atom. The molecule has 0 bridgehead atoms. The van der Waals surface area contributed by atoms with Crippen LogP contribution in [0.5, 0.6) is 0 Å². The molecule has 22 nitrogen and oxygen atoms in total. The number of thioether (sulfide) groups is 1. The number of thiazole rings is 1. The second-order valence-corrected chi connectivity index (χ2v) is 40.1. The Morgan fingerprint density at radius 2 is 1.41 bits per heavy atom. The van der Waals surface area contributed by atoms with Gasteiger partial charge in [0.1, 0.15) is 17.0 Å². The van der Waals surface area contributed by atoms with Crippen molar-refractivity contribution in [1.29, 1.82) is 0 Å². The van der Waals surface area contributed by atoms with E-state index in [0.29, 0.717) is 82.0 Å². The summed E-state index contributed by atoms with van der Waals surface area (Å²) >= 11 is 9.44. The van der Waals surface area contributed by atoms with Crippen molar-refractivity contribution >= 4 is 101 Å². The van der Waals surface area contributed by atoms with Crippen molar-refractivity contribution in [3.8, 4) is 10.4 Å². The summed E-state index contributed by atoms with van der Waals surface area (Å²) in [6.07, 6.45) is 10.3. The summed E-state index contributed by atoms with van der Waals surface area (Å²) in [7, 11) is -11.0. The number of piperazine rings is 1. The van der Waals surface area contributed by atoms with Crippen LogP contribution in [0.2, 0.25) is 5.02 Å². The average Bonchev–Trinajstić information content (AvgIpc) is 1.64. The lowest BCUT2D eigenvalue weighted by atomic mass is 9.69. The first-order valence-electron chi connectivity index (χ1n) is 41.1. The fourth-order valence-corrected chi connectivity index (χ4v) is 21.3. The van der Waals surface area contributed by atoms with Crippen LogP contribution in [0.1, 0.15) is 164 Å². The molecule has 12 rings (SSSR count). The summed E-state index contributed by atoms with van der Waals surface area (Å²) in [5.41, 5.74) is 2.86. The second kappa shape index (κ2) is 38.9. The van der Waals surface area contributed by atoms with Gasteiger partial charge < -0.3 is 45.4 Å². The highest BCUT2D eigenvalue weighted by atomic mass is 35.5. The first kappa shape index (κ1) is 88.8. The van der Waals surface area contributed by atoms with Gasteiger partial charge in [-0.2, -0.15) is 13.2 Å². The van der Waals surface area contributed by atoms with Crippen molar-refractivity contribution in [2.75, 3.05) is 121 Å². The van der Waals surface area contributed by atoms with E-state index >= 15 is 0 Å². The molecule has 30 heteroatoms. The quantitative estimate of drug-likeness (QED) is 0.0200. The summed E-state index contributed by atoms with van der Waals surface area (Å²) in [5.74, 6) is -1.54. The van der Waals surface area contributed by atoms with E-state index in [9.17, 15) is 59.1 Å². The normalized spacial score (nSPS) is 20.9. The van der Waals surface area contributed by atoms with Gasteiger partial charge in [0.15, 0.2) is 0 Å². The lowest BCUT2D eigenvalue weighted by Crippen LogP contribution is -2.57. The molecule has 0 saturated carbocycles.